The van der Waals surface area contributed by atoms with Crippen molar-refractivity contribution in [1.29, 1.82) is 0 Å². The molecule has 0 aliphatic rings. The van der Waals surface area contributed by atoms with Crippen molar-refractivity contribution in [3.63, 3.8) is 0 Å². The number of guanidine groups is 1. The van der Waals surface area contributed by atoms with Gasteiger partial charge in [-0.15, -0.1) is 35.3 Å². The second-order valence-corrected chi connectivity index (χ2v) is 7.28. The number of rotatable bonds is 5. The lowest BCUT2D eigenvalue weighted by molar-refractivity contribution is 0.534. The maximum Gasteiger partial charge on any atom is 0.191 e. The summed E-state index contributed by atoms with van der Waals surface area (Å²) in [7, 11) is 1.78. The van der Waals surface area contributed by atoms with Crippen LogP contribution in [0.2, 0.25) is 0 Å². The van der Waals surface area contributed by atoms with Crippen molar-refractivity contribution in [2.24, 2.45) is 4.99 Å². The Morgan fingerprint density at radius 1 is 1.19 bits per heavy atom. The fourth-order valence-electron chi connectivity index (χ4n) is 2.88. The molecular formula is C19H25IN4OS. The van der Waals surface area contributed by atoms with Crippen LogP contribution < -0.4 is 10.6 Å². The summed E-state index contributed by atoms with van der Waals surface area (Å²) < 4.78 is 5.93. The zero-order chi connectivity index (χ0) is 17.8. The highest BCUT2D eigenvalue weighted by Gasteiger charge is 2.10. The minimum absolute atomic E-state index is 0. The second-order valence-electron chi connectivity index (χ2n) is 5.99. The van der Waals surface area contributed by atoms with Crippen molar-refractivity contribution >= 4 is 52.2 Å². The smallest absolute Gasteiger partial charge is 0.191 e. The van der Waals surface area contributed by atoms with Gasteiger partial charge in [0.25, 0.3) is 0 Å². The molecule has 2 N–H and O–H groups in total. The molecule has 140 valence electrons. The van der Waals surface area contributed by atoms with Crippen LogP contribution in [0.15, 0.2) is 33.7 Å². The molecule has 26 heavy (non-hydrogen) atoms. The Morgan fingerprint density at radius 2 is 1.96 bits per heavy atom. The summed E-state index contributed by atoms with van der Waals surface area (Å²) in [6.45, 7) is 7.63. The number of thiazole rings is 1. The zero-order valence-electron chi connectivity index (χ0n) is 15.5. The van der Waals surface area contributed by atoms with Crippen LogP contribution in [0.5, 0.6) is 0 Å². The molecule has 0 saturated carbocycles. The molecule has 0 amide bonds. The molecule has 1 aromatic carbocycles. The third-order valence-corrected chi connectivity index (χ3v) is 5.36. The Hall–Kier alpha value is -1.61. The number of furan rings is 1. The standard InChI is InChI=1S/C19H24N4OS.HI/c1-12-15-7-5-6-8-16(15)24-17(12)11-22-19(20-4)21-10-9-18-13(2)23-14(3)25-18;/h5-8H,9-11H2,1-4H3,(H2,20,21,22);1H. The summed E-state index contributed by atoms with van der Waals surface area (Å²) in [5.74, 6) is 1.72. The summed E-state index contributed by atoms with van der Waals surface area (Å²) in [5, 5.41) is 8.97. The molecule has 5 nitrogen and oxygen atoms in total. The van der Waals surface area contributed by atoms with E-state index in [-0.39, 0.29) is 24.0 Å². The molecule has 0 saturated heterocycles. The van der Waals surface area contributed by atoms with Crippen molar-refractivity contribution in [2.75, 3.05) is 13.6 Å². The summed E-state index contributed by atoms with van der Waals surface area (Å²) >= 11 is 1.76. The van der Waals surface area contributed by atoms with Crippen LogP contribution in [0.1, 0.15) is 26.9 Å². The molecule has 3 rings (SSSR count). The molecule has 2 aromatic heterocycles. The van der Waals surface area contributed by atoms with Crippen LogP contribution in [-0.4, -0.2) is 24.5 Å². The Morgan fingerprint density at radius 3 is 2.62 bits per heavy atom. The number of aryl methyl sites for hydroxylation is 3. The van der Waals surface area contributed by atoms with E-state index >= 15 is 0 Å². The van der Waals surface area contributed by atoms with Crippen LogP contribution in [0, 0.1) is 20.8 Å². The van der Waals surface area contributed by atoms with E-state index in [1.165, 1.54) is 15.8 Å². The molecule has 2 heterocycles. The van der Waals surface area contributed by atoms with E-state index in [0.717, 1.165) is 41.0 Å². The van der Waals surface area contributed by atoms with Gasteiger partial charge in [-0.05, 0) is 26.8 Å². The third kappa shape index (κ3) is 4.76. The molecular weight excluding hydrogens is 459 g/mol. The fraction of sp³-hybridized carbons (Fsp3) is 0.368. The van der Waals surface area contributed by atoms with Crippen LogP contribution in [0.25, 0.3) is 11.0 Å². The van der Waals surface area contributed by atoms with Crippen LogP contribution >= 0.6 is 35.3 Å². The van der Waals surface area contributed by atoms with E-state index in [1.807, 2.05) is 25.1 Å². The van der Waals surface area contributed by atoms with Gasteiger partial charge in [0.15, 0.2) is 5.96 Å². The number of nitrogens with one attached hydrogen (secondary N) is 2. The van der Waals surface area contributed by atoms with Gasteiger partial charge in [-0.1, -0.05) is 18.2 Å². The number of benzene rings is 1. The topological polar surface area (TPSA) is 62.5 Å². The summed E-state index contributed by atoms with van der Waals surface area (Å²) in [5.41, 5.74) is 3.23. The number of nitrogens with zero attached hydrogens (tertiary/aromatic N) is 2. The normalized spacial score (nSPS) is 11.5. The van der Waals surface area contributed by atoms with E-state index in [9.17, 15) is 0 Å². The molecule has 3 aromatic rings. The van der Waals surface area contributed by atoms with Gasteiger partial charge in [0.1, 0.15) is 11.3 Å². The predicted molar refractivity (Wildman–Crippen MR) is 120 cm³/mol. The lowest BCUT2D eigenvalue weighted by Gasteiger charge is -2.11. The molecule has 0 bridgehead atoms. The first-order chi connectivity index (χ1) is 12.1. The van der Waals surface area contributed by atoms with Crippen molar-refractivity contribution < 1.29 is 4.42 Å². The summed E-state index contributed by atoms with van der Waals surface area (Å²) in [4.78, 5) is 10.1. The number of para-hydroxylation sites is 1. The van der Waals surface area contributed by atoms with E-state index in [4.69, 9.17) is 4.42 Å². The number of aliphatic imine (C=N–C) groups is 1. The van der Waals surface area contributed by atoms with E-state index in [1.54, 1.807) is 18.4 Å². The van der Waals surface area contributed by atoms with Gasteiger partial charge in [0.05, 0.1) is 17.2 Å². The molecule has 0 aliphatic heterocycles. The van der Waals surface area contributed by atoms with Gasteiger partial charge in [0, 0.05) is 35.8 Å². The second kappa shape index (κ2) is 9.36. The molecule has 0 spiro atoms. The van der Waals surface area contributed by atoms with Crippen molar-refractivity contribution in [3.8, 4) is 0 Å². The quantitative estimate of drug-likeness (QED) is 0.321. The van der Waals surface area contributed by atoms with Gasteiger partial charge >= 0.3 is 0 Å². The highest BCUT2D eigenvalue weighted by atomic mass is 127. The van der Waals surface area contributed by atoms with Gasteiger partial charge in [-0.2, -0.15) is 0 Å². The molecule has 0 unspecified atom stereocenters. The number of hydrogen-bond acceptors (Lipinski definition) is 4. The van der Waals surface area contributed by atoms with Gasteiger partial charge in [-0.25, -0.2) is 4.98 Å². The molecule has 7 heteroatoms. The molecule has 0 aliphatic carbocycles. The Bertz CT molecular complexity index is 900. The predicted octanol–water partition coefficient (Wildman–Crippen LogP) is 4.34. The summed E-state index contributed by atoms with van der Waals surface area (Å²) in [6, 6.07) is 8.11. The molecule has 0 fully saturated rings. The van der Waals surface area contributed by atoms with E-state index in [0.29, 0.717) is 6.54 Å². The zero-order valence-corrected chi connectivity index (χ0v) is 18.7. The minimum Gasteiger partial charge on any atom is -0.459 e. The van der Waals surface area contributed by atoms with Crippen molar-refractivity contribution in [3.05, 3.63) is 51.2 Å². The number of hydrogen-bond donors (Lipinski definition) is 2. The first-order valence-electron chi connectivity index (χ1n) is 8.43. The Balaban J connectivity index is 0.00000243. The van der Waals surface area contributed by atoms with Crippen LogP contribution in [-0.2, 0) is 13.0 Å². The van der Waals surface area contributed by atoms with E-state index in [2.05, 4.69) is 40.5 Å². The maximum atomic E-state index is 5.93. The first-order valence-corrected chi connectivity index (χ1v) is 9.24. The molecule has 0 radical (unpaired) electrons. The van der Waals surface area contributed by atoms with Gasteiger partial charge < -0.3 is 15.1 Å². The fourth-order valence-corrected chi connectivity index (χ4v) is 3.81. The Labute approximate surface area is 175 Å². The highest BCUT2D eigenvalue weighted by Crippen LogP contribution is 2.24. The van der Waals surface area contributed by atoms with Crippen molar-refractivity contribution in [1.82, 2.24) is 15.6 Å². The average Bonchev–Trinajstić information content (AvgIpc) is 3.10. The number of halogens is 1. The third-order valence-electron chi connectivity index (χ3n) is 4.23. The Kier molecular flexibility index (Phi) is 7.45. The maximum absolute atomic E-state index is 5.93. The summed E-state index contributed by atoms with van der Waals surface area (Å²) in [6.07, 6.45) is 0.946. The largest absolute Gasteiger partial charge is 0.459 e. The minimum atomic E-state index is 0. The van der Waals surface area contributed by atoms with Gasteiger partial charge in [0.2, 0.25) is 0 Å². The van der Waals surface area contributed by atoms with Crippen molar-refractivity contribution in [2.45, 2.75) is 33.7 Å². The lowest BCUT2D eigenvalue weighted by atomic mass is 10.1. The van der Waals surface area contributed by atoms with Crippen LogP contribution in [0.3, 0.4) is 0 Å². The SMILES string of the molecule is CN=C(NCCc1sc(C)nc1C)NCc1oc2ccccc2c1C.I. The van der Waals surface area contributed by atoms with Gasteiger partial charge in [-0.3, -0.25) is 4.99 Å². The first kappa shape index (κ1) is 20.7. The van der Waals surface area contributed by atoms with Crippen LogP contribution in [0.4, 0.5) is 0 Å². The number of fused-ring (bicyclic) bond motifs is 1. The van der Waals surface area contributed by atoms with E-state index < -0.39 is 0 Å². The number of aromatic nitrogens is 1. The average molecular weight is 484 g/mol. The monoisotopic (exact) mass is 484 g/mol. The highest BCUT2D eigenvalue weighted by molar-refractivity contribution is 14.0. The molecule has 0 atom stereocenters. The lowest BCUT2D eigenvalue weighted by Crippen LogP contribution is -2.37.